The van der Waals surface area contributed by atoms with Crippen molar-refractivity contribution < 1.29 is 5.11 Å². The fraction of sp³-hybridized carbons (Fsp3) is 0.310. The Balaban J connectivity index is 0.00000156. The van der Waals surface area contributed by atoms with Crippen molar-refractivity contribution in [3.63, 3.8) is 0 Å². The number of aromatic nitrogens is 2. The Labute approximate surface area is 228 Å². The van der Waals surface area contributed by atoms with E-state index in [0.29, 0.717) is 53.3 Å². The molecule has 1 aliphatic carbocycles. The summed E-state index contributed by atoms with van der Waals surface area (Å²) in [5.41, 5.74) is 6.56. The first-order valence-corrected chi connectivity index (χ1v) is 13.5. The van der Waals surface area contributed by atoms with Crippen LogP contribution in [0.2, 0.25) is 10.0 Å². The zero-order valence-electron chi connectivity index (χ0n) is 21.5. The SMILES string of the molecule is CC.CCn1nc(C2=CCC=C(c3cc(Cl)cc(Cl)c3)C=C2)c(O)c1C1=NC/C=C2/CNC/C2=C/CN1. The molecule has 1 aromatic carbocycles. The van der Waals surface area contributed by atoms with Crippen LogP contribution >= 0.6 is 23.2 Å². The molecule has 3 aliphatic rings. The van der Waals surface area contributed by atoms with Gasteiger partial charge in [-0.15, -0.1) is 0 Å². The van der Waals surface area contributed by atoms with E-state index in [-0.39, 0.29) is 5.75 Å². The average molecular weight is 539 g/mol. The Morgan fingerprint density at radius 1 is 0.946 bits per heavy atom. The highest BCUT2D eigenvalue weighted by atomic mass is 35.5. The van der Waals surface area contributed by atoms with Crippen molar-refractivity contribution in [2.75, 3.05) is 26.2 Å². The number of aryl methyl sites for hydroxylation is 1. The summed E-state index contributed by atoms with van der Waals surface area (Å²) < 4.78 is 1.81. The minimum Gasteiger partial charge on any atom is -0.504 e. The van der Waals surface area contributed by atoms with Gasteiger partial charge in [-0.1, -0.05) is 73.5 Å². The van der Waals surface area contributed by atoms with Gasteiger partial charge in [-0.3, -0.25) is 9.67 Å². The van der Waals surface area contributed by atoms with Crippen molar-refractivity contribution >= 4 is 40.2 Å². The van der Waals surface area contributed by atoms with E-state index < -0.39 is 0 Å². The van der Waals surface area contributed by atoms with E-state index in [4.69, 9.17) is 33.3 Å². The summed E-state index contributed by atoms with van der Waals surface area (Å²) >= 11 is 12.4. The van der Waals surface area contributed by atoms with Crippen molar-refractivity contribution in [3.05, 3.63) is 92.8 Å². The first-order valence-electron chi connectivity index (χ1n) is 12.8. The molecule has 5 rings (SSSR count). The molecule has 37 heavy (non-hydrogen) atoms. The fourth-order valence-electron chi connectivity index (χ4n) is 4.55. The van der Waals surface area contributed by atoms with Gasteiger partial charge in [-0.2, -0.15) is 5.10 Å². The second-order valence-corrected chi connectivity index (χ2v) is 9.41. The smallest absolute Gasteiger partial charge is 0.173 e. The molecule has 0 amide bonds. The van der Waals surface area contributed by atoms with Crippen LogP contribution in [0.25, 0.3) is 11.1 Å². The van der Waals surface area contributed by atoms with Gasteiger partial charge < -0.3 is 15.7 Å². The van der Waals surface area contributed by atoms with Crippen LogP contribution in [0.3, 0.4) is 0 Å². The number of aliphatic imine (C=N–C) groups is 1. The summed E-state index contributed by atoms with van der Waals surface area (Å²) in [6.07, 6.45) is 13.2. The maximum atomic E-state index is 11.3. The van der Waals surface area contributed by atoms with Crippen LogP contribution < -0.4 is 10.6 Å². The second kappa shape index (κ2) is 12.5. The molecule has 0 radical (unpaired) electrons. The van der Waals surface area contributed by atoms with Crippen LogP contribution in [0, 0.1) is 0 Å². The molecule has 1 fully saturated rings. The number of fused-ring (bicyclic) bond motifs is 1. The molecule has 0 saturated carbocycles. The van der Waals surface area contributed by atoms with Crippen molar-refractivity contribution in [2.45, 2.75) is 33.7 Å². The molecule has 2 aliphatic heterocycles. The van der Waals surface area contributed by atoms with E-state index in [9.17, 15) is 5.11 Å². The van der Waals surface area contributed by atoms with Gasteiger partial charge in [0, 0.05) is 41.8 Å². The minimum absolute atomic E-state index is 0.129. The third-order valence-corrected chi connectivity index (χ3v) is 6.72. The second-order valence-electron chi connectivity index (χ2n) is 8.54. The first-order chi connectivity index (χ1) is 18.0. The lowest BCUT2D eigenvalue weighted by molar-refractivity contribution is 0.470. The van der Waals surface area contributed by atoms with Crippen molar-refractivity contribution in [3.8, 4) is 5.75 Å². The molecular weight excluding hydrogens is 505 g/mol. The monoisotopic (exact) mass is 537 g/mol. The molecule has 3 N–H and O–H groups in total. The molecule has 0 bridgehead atoms. The Kier molecular flexibility index (Phi) is 9.09. The van der Waals surface area contributed by atoms with Gasteiger partial charge in [0.2, 0.25) is 0 Å². The van der Waals surface area contributed by atoms with Crippen LogP contribution in [-0.4, -0.2) is 46.9 Å². The molecule has 194 valence electrons. The number of amidine groups is 1. The van der Waals surface area contributed by atoms with E-state index in [1.807, 2.05) is 49.7 Å². The number of rotatable bonds is 4. The molecule has 0 spiro atoms. The zero-order chi connectivity index (χ0) is 26.4. The maximum absolute atomic E-state index is 11.3. The van der Waals surface area contributed by atoms with Gasteiger partial charge in [0.05, 0.1) is 6.54 Å². The number of hydrogen-bond acceptors (Lipinski definition) is 5. The summed E-state index contributed by atoms with van der Waals surface area (Å²) in [6, 6.07) is 5.51. The topological polar surface area (TPSA) is 74.5 Å². The zero-order valence-corrected chi connectivity index (χ0v) is 23.0. The van der Waals surface area contributed by atoms with Crippen molar-refractivity contribution in [1.29, 1.82) is 0 Å². The van der Waals surface area contributed by atoms with Crippen LogP contribution in [0.1, 0.15) is 44.1 Å². The highest BCUT2D eigenvalue weighted by Gasteiger charge is 2.23. The Hall–Kier alpha value is -3.06. The first kappa shape index (κ1) is 27.0. The van der Waals surface area contributed by atoms with E-state index >= 15 is 0 Å². The number of nitrogens with zero attached hydrogens (tertiary/aromatic N) is 3. The van der Waals surface area contributed by atoms with Crippen LogP contribution in [-0.2, 0) is 6.54 Å². The number of nitrogens with one attached hydrogen (secondary N) is 2. The highest BCUT2D eigenvalue weighted by molar-refractivity contribution is 6.34. The van der Waals surface area contributed by atoms with Crippen molar-refractivity contribution in [1.82, 2.24) is 20.4 Å². The molecular formula is C29H33Cl2N5O. The third kappa shape index (κ3) is 6.09. The lowest BCUT2D eigenvalue weighted by atomic mass is 10.0. The minimum atomic E-state index is 0.129. The summed E-state index contributed by atoms with van der Waals surface area (Å²) in [5.74, 6) is 0.778. The Morgan fingerprint density at radius 2 is 1.62 bits per heavy atom. The normalized spacial score (nSPS) is 20.1. The van der Waals surface area contributed by atoms with Crippen LogP contribution in [0.15, 0.2) is 70.8 Å². The summed E-state index contributed by atoms with van der Waals surface area (Å²) in [6.45, 7) is 9.54. The summed E-state index contributed by atoms with van der Waals surface area (Å²) in [4.78, 5) is 4.76. The summed E-state index contributed by atoms with van der Waals surface area (Å²) in [5, 5.41) is 24.0. The average Bonchev–Trinajstić information content (AvgIpc) is 3.40. The van der Waals surface area contributed by atoms with E-state index in [2.05, 4.69) is 34.9 Å². The molecule has 2 aromatic rings. The number of halogens is 2. The van der Waals surface area contributed by atoms with E-state index in [0.717, 1.165) is 29.8 Å². The number of allylic oxidation sites excluding steroid dienone is 6. The molecule has 3 heterocycles. The van der Waals surface area contributed by atoms with Crippen LogP contribution in [0.5, 0.6) is 5.75 Å². The molecule has 0 atom stereocenters. The number of benzene rings is 1. The van der Waals surface area contributed by atoms with Gasteiger partial charge in [0.1, 0.15) is 11.4 Å². The predicted molar refractivity (Wildman–Crippen MR) is 156 cm³/mol. The van der Waals surface area contributed by atoms with Gasteiger partial charge in [-0.05, 0) is 53.8 Å². The number of hydrogen-bond donors (Lipinski definition) is 3. The molecule has 8 heteroatoms. The highest BCUT2D eigenvalue weighted by Crippen LogP contribution is 2.33. The lowest BCUT2D eigenvalue weighted by Crippen LogP contribution is -2.28. The maximum Gasteiger partial charge on any atom is 0.173 e. The number of aromatic hydroxyl groups is 1. The third-order valence-electron chi connectivity index (χ3n) is 6.29. The molecule has 1 aromatic heterocycles. The largest absolute Gasteiger partial charge is 0.504 e. The predicted octanol–water partition coefficient (Wildman–Crippen LogP) is 6.17. The Morgan fingerprint density at radius 3 is 2.35 bits per heavy atom. The fourth-order valence-corrected chi connectivity index (χ4v) is 5.07. The molecule has 0 unspecified atom stereocenters. The van der Waals surface area contributed by atoms with Crippen LogP contribution in [0.4, 0.5) is 0 Å². The van der Waals surface area contributed by atoms with E-state index in [1.165, 1.54) is 11.1 Å². The van der Waals surface area contributed by atoms with Gasteiger partial charge >= 0.3 is 0 Å². The van der Waals surface area contributed by atoms with E-state index in [1.54, 1.807) is 6.07 Å². The molecule has 1 saturated heterocycles. The molecule has 6 nitrogen and oxygen atoms in total. The quantitative estimate of drug-likeness (QED) is 0.435. The van der Waals surface area contributed by atoms with Gasteiger partial charge in [0.15, 0.2) is 11.6 Å². The summed E-state index contributed by atoms with van der Waals surface area (Å²) in [7, 11) is 0. The standard InChI is InChI=1S/C27H27Cl2N5O.C2H6/c1-2-34-25(27-31-10-8-19-15-30-16-20(19)9-11-32-27)26(35)24(33-34)18-5-3-4-17(6-7-18)21-12-22(28)14-23(29)13-21;1-2/h4-9,12-14,30,35H,2-3,10-11,15-16H2,1H3,(H,31,32);1-2H3/b19-8-,20-9-;. The van der Waals surface area contributed by atoms with Gasteiger partial charge in [0.25, 0.3) is 0 Å². The van der Waals surface area contributed by atoms with Gasteiger partial charge in [-0.25, -0.2) is 0 Å². The van der Waals surface area contributed by atoms with Crippen molar-refractivity contribution in [2.24, 2.45) is 4.99 Å². The lowest BCUT2D eigenvalue weighted by Gasteiger charge is -2.10. The Bertz CT molecular complexity index is 1320.